The molecule has 1 N–H and O–H groups in total. The first-order chi connectivity index (χ1) is 3.39. The maximum absolute atomic E-state index is 6.74. The third-order valence-electron chi connectivity index (χ3n) is 0.755. The van der Waals surface area contributed by atoms with Crippen molar-refractivity contribution in [2.45, 2.75) is 6.42 Å². The van der Waals surface area contributed by atoms with Crippen molar-refractivity contribution in [2.24, 2.45) is 0 Å². The molecular formula is C4H7NO2. The van der Waals surface area contributed by atoms with Gasteiger partial charge in [0.25, 0.3) is 0 Å². The molecule has 1 aliphatic rings. The maximum atomic E-state index is 6.74. The van der Waals surface area contributed by atoms with E-state index in [1.54, 1.807) is 0 Å². The van der Waals surface area contributed by atoms with Gasteiger partial charge in [-0.2, -0.15) is 0 Å². The fourth-order valence-corrected chi connectivity index (χ4v) is 0.430. The summed E-state index contributed by atoms with van der Waals surface area (Å²) in [5, 5.41) is 6.74. The van der Waals surface area contributed by atoms with Crippen LogP contribution in [0.3, 0.4) is 0 Å². The number of nitrogens with one attached hydrogen (secondary N) is 1. The zero-order chi connectivity index (χ0) is 5.11. The van der Waals surface area contributed by atoms with E-state index in [0.29, 0.717) is 13.2 Å². The van der Waals surface area contributed by atoms with Gasteiger partial charge in [-0.1, -0.05) is 0 Å². The van der Waals surface area contributed by atoms with Crippen LogP contribution in [0.1, 0.15) is 6.42 Å². The summed E-state index contributed by atoms with van der Waals surface area (Å²) in [7, 11) is 0. The van der Waals surface area contributed by atoms with Crippen molar-refractivity contribution in [2.75, 3.05) is 13.2 Å². The van der Waals surface area contributed by atoms with Gasteiger partial charge in [-0.25, -0.2) is 5.41 Å². The van der Waals surface area contributed by atoms with Gasteiger partial charge in [0.15, 0.2) is 0 Å². The molecule has 0 bridgehead atoms. The summed E-state index contributed by atoms with van der Waals surface area (Å²) in [4.78, 5) is 0. The molecule has 1 aliphatic heterocycles. The molecule has 3 heteroatoms. The van der Waals surface area contributed by atoms with Crippen LogP contribution in [0.25, 0.3) is 0 Å². The number of hydrogen-bond acceptors (Lipinski definition) is 3. The van der Waals surface area contributed by atoms with E-state index in [1.807, 2.05) is 0 Å². The quantitative estimate of drug-likeness (QED) is 0.478. The summed E-state index contributed by atoms with van der Waals surface area (Å²) < 4.78 is 9.28. The maximum Gasteiger partial charge on any atom is 0.380 e. The van der Waals surface area contributed by atoms with Gasteiger partial charge in [0.05, 0.1) is 13.2 Å². The van der Waals surface area contributed by atoms with E-state index in [9.17, 15) is 0 Å². The summed E-state index contributed by atoms with van der Waals surface area (Å²) in [5.41, 5.74) is 0. The van der Waals surface area contributed by atoms with Gasteiger partial charge in [0.1, 0.15) is 0 Å². The second-order valence-corrected chi connectivity index (χ2v) is 1.34. The van der Waals surface area contributed by atoms with Gasteiger partial charge in [-0.05, 0) is 0 Å². The predicted octanol–water partition coefficient (Wildman–Crippen LogP) is 0.358. The molecule has 0 amide bonds. The standard InChI is InChI=1S/C4H7NO2/c5-4-6-2-1-3-7-4/h5H,1-3H2. The van der Waals surface area contributed by atoms with Crippen LogP contribution in [0.5, 0.6) is 0 Å². The van der Waals surface area contributed by atoms with Crippen LogP contribution in [0.15, 0.2) is 0 Å². The molecule has 0 radical (unpaired) electrons. The van der Waals surface area contributed by atoms with E-state index in [0.717, 1.165) is 6.42 Å². The Balaban J connectivity index is 2.25. The number of hydrogen-bond donors (Lipinski definition) is 1. The highest BCUT2D eigenvalue weighted by atomic mass is 16.7. The Morgan fingerprint density at radius 3 is 2.14 bits per heavy atom. The first-order valence-electron chi connectivity index (χ1n) is 2.24. The van der Waals surface area contributed by atoms with Crippen molar-refractivity contribution in [1.82, 2.24) is 0 Å². The monoisotopic (exact) mass is 101 g/mol. The number of rotatable bonds is 0. The van der Waals surface area contributed by atoms with Gasteiger partial charge in [-0.3, -0.25) is 0 Å². The van der Waals surface area contributed by atoms with E-state index in [-0.39, 0.29) is 6.08 Å². The van der Waals surface area contributed by atoms with Crippen molar-refractivity contribution in [3.05, 3.63) is 0 Å². The molecule has 7 heavy (non-hydrogen) atoms. The Bertz CT molecular complexity index is 73.8. The lowest BCUT2D eigenvalue weighted by Gasteiger charge is -2.12. The van der Waals surface area contributed by atoms with Gasteiger partial charge >= 0.3 is 6.08 Å². The number of ether oxygens (including phenoxy) is 2. The molecule has 0 atom stereocenters. The predicted molar refractivity (Wildman–Crippen MR) is 24.2 cm³/mol. The largest absolute Gasteiger partial charge is 0.451 e. The first kappa shape index (κ1) is 4.43. The molecule has 1 fully saturated rings. The van der Waals surface area contributed by atoms with Gasteiger partial charge < -0.3 is 9.47 Å². The normalized spacial score (nSPS) is 20.3. The smallest absolute Gasteiger partial charge is 0.380 e. The minimum Gasteiger partial charge on any atom is -0.451 e. The molecule has 0 aromatic carbocycles. The second-order valence-electron chi connectivity index (χ2n) is 1.34. The molecule has 1 saturated heterocycles. The Labute approximate surface area is 41.7 Å². The molecule has 0 spiro atoms. The molecule has 0 aromatic rings. The summed E-state index contributed by atoms with van der Waals surface area (Å²) in [6.45, 7) is 1.28. The van der Waals surface area contributed by atoms with Crippen LogP contribution >= 0.6 is 0 Å². The Morgan fingerprint density at radius 1 is 1.29 bits per heavy atom. The topological polar surface area (TPSA) is 42.3 Å². The zero-order valence-electron chi connectivity index (χ0n) is 3.94. The third kappa shape index (κ3) is 1.07. The van der Waals surface area contributed by atoms with E-state index < -0.39 is 0 Å². The highest BCUT2D eigenvalue weighted by Gasteiger charge is 2.03. The lowest BCUT2D eigenvalue weighted by molar-refractivity contribution is 0.102. The van der Waals surface area contributed by atoms with Crippen LogP contribution in [0.2, 0.25) is 0 Å². The SMILES string of the molecule is N=C1OCCCO1. The average Bonchev–Trinajstić information content (AvgIpc) is 1.69. The highest BCUT2D eigenvalue weighted by Crippen LogP contribution is 1.94. The van der Waals surface area contributed by atoms with Crippen molar-refractivity contribution in [3.63, 3.8) is 0 Å². The van der Waals surface area contributed by atoms with Gasteiger partial charge in [-0.15, -0.1) is 0 Å². The molecular weight excluding hydrogens is 94.0 g/mol. The Kier molecular flexibility index (Phi) is 1.15. The molecule has 0 aromatic heterocycles. The summed E-state index contributed by atoms with van der Waals surface area (Å²) in [6, 6.07) is 0. The van der Waals surface area contributed by atoms with Crippen LogP contribution in [0, 0.1) is 5.41 Å². The fraction of sp³-hybridized carbons (Fsp3) is 0.750. The lowest BCUT2D eigenvalue weighted by Crippen LogP contribution is -2.17. The molecule has 0 unspecified atom stereocenters. The van der Waals surface area contributed by atoms with Crippen LogP contribution < -0.4 is 0 Å². The summed E-state index contributed by atoms with van der Waals surface area (Å²) in [5.74, 6) is 0. The second kappa shape index (κ2) is 1.82. The average molecular weight is 101 g/mol. The molecule has 3 nitrogen and oxygen atoms in total. The third-order valence-corrected chi connectivity index (χ3v) is 0.755. The minimum absolute atomic E-state index is 0.0359. The van der Waals surface area contributed by atoms with Crippen molar-refractivity contribution in [1.29, 1.82) is 5.41 Å². The Morgan fingerprint density at radius 2 is 1.86 bits per heavy atom. The van der Waals surface area contributed by atoms with Crippen LogP contribution in [-0.2, 0) is 9.47 Å². The molecule has 0 aliphatic carbocycles. The van der Waals surface area contributed by atoms with Gasteiger partial charge in [0, 0.05) is 6.42 Å². The fourth-order valence-electron chi connectivity index (χ4n) is 0.430. The van der Waals surface area contributed by atoms with E-state index >= 15 is 0 Å². The molecule has 1 heterocycles. The zero-order valence-corrected chi connectivity index (χ0v) is 3.94. The minimum atomic E-state index is -0.0359. The van der Waals surface area contributed by atoms with Crippen molar-refractivity contribution >= 4 is 6.08 Å². The van der Waals surface area contributed by atoms with E-state index in [2.05, 4.69) is 9.47 Å². The summed E-state index contributed by atoms with van der Waals surface area (Å²) >= 11 is 0. The lowest BCUT2D eigenvalue weighted by atomic mass is 10.5. The Hall–Kier alpha value is -0.730. The van der Waals surface area contributed by atoms with E-state index in [4.69, 9.17) is 5.41 Å². The van der Waals surface area contributed by atoms with Crippen LogP contribution in [-0.4, -0.2) is 19.3 Å². The molecule has 40 valence electrons. The van der Waals surface area contributed by atoms with Gasteiger partial charge in [0.2, 0.25) is 0 Å². The van der Waals surface area contributed by atoms with E-state index in [1.165, 1.54) is 0 Å². The van der Waals surface area contributed by atoms with Crippen molar-refractivity contribution in [3.8, 4) is 0 Å². The molecule has 1 rings (SSSR count). The van der Waals surface area contributed by atoms with Crippen molar-refractivity contribution < 1.29 is 9.47 Å². The van der Waals surface area contributed by atoms with Crippen LogP contribution in [0.4, 0.5) is 0 Å². The molecule has 0 saturated carbocycles. The first-order valence-corrected chi connectivity index (χ1v) is 2.24. The highest BCUT2D eigenvalue weighted by molar-refractivity contribution is 5.63. The summed E-state index contributed by atoms with van der Waals surface area (Å²) in [6.07, 6.45) is 0.869.